The summed E-state index contributed by atoms with van der Waals surface area (Å²) >= 11 is 0. The topological polar surface area (TPSA) is 99.2 Å². The van der Waals surface area contributed by atoms with E-state index in [1.165, 1.54) is 0 Å². The van der Waals surface area contributed by atoms with Crippen LogP contribution in [0, 0.1) is 5.92 Å². The predicted molar refractivity (Wildman–Crippen MR) is 87.8 cm³/mol. The van der Waals surface area contributed by atoms with E-state index in [1.54, 1.807) is 48.5 Å². The van der Waals surface area contributed by atoms with Crippen LogP contribution in [0.2, 0.25) is 0 Å². The van der Waals surface area contributed by atoms with Gasteiger partial charge in [0.1, 0.15) is 17.5 Å². The zero-order chi connectivity index (χ0) is 19.6. The number of imide groups is 1. The van der Waals surface area contributed by atoms with Gasteiger partial charge in [0.2, 0.25) is 0 Å². The van der Waals surface area contributed by atoms with Crippen molar-refractivity contribution >= 4 is 24.4 Å². The van der Waals surface area contributed by atoms with E-state index in [-0.39, 0.29) is 13.0 Å². The molecule has 25 heavy (non-hydrogen) atoms. The summed E-state index contributed by atoms with van der Waals surface area (Å²) in [4.78, 5) is 49.5. The number of carbonyl (C=O) groups excluding carboxylic acids is 4. The molecule has 0 radical (unpaired) electrons. The van der Waals surface area contributed by atoms with Crippen LogP contribution in [0.25, 0.3) is 0 Å². The molecule has 1 saturated carbocycles. The third-order valence-corrected chi connectivity index (χ3v) is 3.33. The molecule has 1 rings (SSSR count). The minimum absolute atomic E-state index is 0.0200. The lowest BCUT2D eigenvalue weighted by atomic mass is 10.1. The van der Waals surface area contributed by atoms with Gasteiger partial charge >= 0.3 is 18.2 Å². The van der Waals surface area contributed by atoms with Crippen LogP contribution >= 0.6 is 0 Å². The molecule has 1 aliphatic carbocycles. The Balaban J connectivity index is 3.29. The van der Waals surface area contributed by atoms with Gasteiger partial charge in [0.25, 0.3) is 0 Å². The predicted octanol–water partition coefficient (Wildman–Crippen LogP) is 2.68. The zero-order valence-electron chi connectivity index (χ0n) is 15.9. The summed E-state index contributed by atoms with van der Waals surface area (Å²) in [5.41, 5.74) is -3.53. The summed E-state index contributed by atoms with van der Waals surface area (Å²) in [6.45, 7) is 11.4. The third kappa shape index (κ3) is 4.93. The number of hydrogen-bond donors (Lipinski definition) is 0. The molecule has 1 aliphatic rings. The van der Waals surface area contributed by atoms with Crippen molar-refractivity contribution in [3.8, 4) is 0 Å². The van der Waals surface area contributed by atoms with Crippen molar-refractivity contribution in [2.75, 3.05) is 6.61 Å². The molecule has 0 heterocycles. The molecular weight excluding hydrogens is 330 g/mol. The molecule has 8 heteroatoms. The Hall–Kier alpha value is -2.12. The molecule has 142 valence electrons. The van der Waals surface area contributed by atoms with Crippen LogP contribution in [-0.4, -0.2) is 52.7 Å². The first-order chi connectivity index (χ1) is 11.3. The van der Waals surface area contributed by atoms with Crippen LogP contribution < -0.4 is 0 Å². The van der Waals surface area contributed by atoms with Crippen LogP contribution in [0.3, 0.4) is 0 Å². The summed E-state index contributed by atoms with van der Waals surface area (Å²) in [6, 6.07) is 0. The molecule has 0 aromatic carbocycles. The summed E-state index contributed by atoms with van der Waals surface area (Å²) < 4.78 is 15.5. The average Bonchev–Trinajstić information content (AvgIpc) is 3.10. The number of nitrogens with zero attached hydrogens (tertiary/aromatic N) is 1. The van der Waals surface area contributed by atoms with Gasteiger partial charge in [-0.25, -0.2) is 14.4 Å². The van der Waals surface area contributed by atoms with Crippen molar-refractivity contribution in [3.05, 3.63) is 0 Å². The van der Waals surface area contributed by atoms with Crippen LogP contribution in [-0.2, 0) is 23.8 Å². The Kier molecular flexibility index (Phi) is 5.87. The second-order valence-corrected chi connectivity index (χ2v) is 7.89. The van der Waals surface area contributed by atoms with Gasteiger partial charge in [-0.3, -0.25) is 0 Å². The smallest absolute Gasteiger partial charge is 0.420 e. The maximum atomic E-state index is 12.6. The van der Waals surface area contributed by atoms with Crippen molar-refractivity contribution in [2.45, 2.75) is 71.6 Å². The van der Waals surface area contributed by atoms with E-state index in [0.717, 1.165) is 0 Å². The molecule has 0 saturated heterocycles. The Morgan fingerprint density at radius 1 is 1.04 bits per heavy atom. The molecule has 0 spiro atoms. The molecular formula is C17H27NO7. The first kappa shape index (κ1) is 20.9. The summed E-state index contributed by atoms with van der Waals surface area (Å²) in [6.07, 6.45) is -1.61. The fraction of sp³-hybridized carbons (Fsp3) is 0.765. The Morgan fingerprint density at radius 3 is 1.76 bits per heavy atom. The van der Waals surface area contributed by atoms with Gasteiger partial charge in [0.05, 0.1) is 12.5 Å². The minimum atomic E-state index is -1.72. The molecule has 0 aromatic rings. The number of amides is 2. The highest BCUT2D eigenvalue weighted by molar-refractivity contribution is 6.01. The van der Waals surface area contributed by atoms with Gasteiger partial charge in [0, 0.05) is 0 Å². The fourth-order valence-electron chi connectivity index (χ4n) is 2.29. The number of hydrogen-bond acceptors (Lipinski definition) is 7. The second-order valence-electron chi connectivity index (χ2n) is 7.89. The van der Waals surface area contributed by atoms with Gasteiger partial charge in [-0.1, -0.05) is 0 Å². The van der Waals surface area contributed by atoms with Crippen molar-refractivity contribution in [1.29, 1.82) is 0 Å². The van der Waals surface area contributed by atoms with Gasteiger partial charge < -0.3 is 19.0 Å². The lowest BCUT2D eigenvalue weighted by Gasteiger charge is -2.32. The lowest BCUT2D eigenvalue weighted by molar-refractivity contribution is -0.152. The maximum absolute atomic E-state index is 12.6. The van der Waals surface area contributed by atoms with Crippen molar-refractivity contribution in [2.24, 2.45) is 5.92 Å². The van der Waals surface area contributed by atoms with Gasteiger partial charge in [-0.05, 0) is 54.9 Å². The molecule has 2 atom stereocenters. The Morgan fingerprint density at radius 2 is 1.48 bits per heavy atom. The molecule has 2 amide bonds. The first-order valence-corrected chi connectivity index (χ1v) is 8.17. The van der Waals surface area contributed by atoms with E-state index < -0.39 is 40.8 Å². The highest BCUT2D eigenvalue weighted by atomic mass is 16.6. The van der Waals surface area contributed by atoms with E-state index in [0.29, 0.717) is 11.2 Å². The monoisotopic (exact) mass is 357 g/mol. The van der Waals surface area contributed by atoms with E-state index >= 15 is 0 Å². The highest BCUT2D eigenvalue weighted by Gasteiger charge is 2.70. The lowest BCUT2D eigenvalue weighted by Crippen LogP contribution is -2.55. The van der Waals surface area contributed by atoms with E-state index in [9.17, 15) is 19.2 Å². The Labute approximate surface area is 147 Å². The molecule has 0 unspecified atom stereocenters. The zero-order valence-corrected chi connectivity index (χ0v) is 15.9. The van der Waals surface area contributed by atoms with Crippen LogP contribution in [0.5, 0.6) is 0 Å². The van der Waals surface area contributed by atoms with E-state index in [1.807, 2.05) is 0 Å². The highest BCUT2D eigenvalue weighted by Crippen LogP contribution is 2.49. The summed E-state index contributed by atoms with van der Waals surface area (Å²) in [5, 5.41) is 0. The standard InChI is InChI=1S/C17H27NO7/c1-8-23-12(20)17(9-11(17)10-19)18(13(21)24-15(2,3)4)14(22)25-16(5,6)7/h10-11H,8-9H2,1-7H3/t11-,17+/m0/s1. The SMILES string of the molecule is CCOC(=O)[C@@]1(N(C(=O)OC(C)(C)C)C(=O)OC(C)(C)C)C[C@H]1C=O. The molecule has 0 aromatic heterocycles. The molecule has 8 nitrogen and oxygen atoms in total. The number of esters is 1. The molecule has 0 bridgehead atoms. The molecule has 1 fully saturated rings. The van der Waals surface area contributed by atoms with Crippen LogP contribution in [0.4, 0.5) is 9.59 Å². The van der Waals surface area contributed by atoms with Gasteiger partial charge in [-0.2, -0.15) is 4.90 Å². The second kappa shape index (κ2) is 7.01. The molecule has 0 N–H and O–H groups in total. The summed E-state index contributed by atoms with van der Waals surface area (Å²) in [5.74, 6) is -1.68. The molecule has 0 aliphatic heterocycles. The number of rotatable bonds is 4. The van der Waals surface area contributed by atoms with Crippen LogP contribution in [0.15, 0.2) is 0 Å². The van der Waals surface area contributed by atoms with Crippen LogP contribution in [0.1, 0.15) is 54.9 Å². The van der Waals surface area contributed by atoms with Gasteiger partial charge in [0.15, 0.2) is 5.54 Å². The maximum Gasteiger partial charge on any atom is 0.420 e. The van der Waals surface area contributed by atoms with E-state index in [4.69, 9.17) is 14.2 Å². The quantitative estimate of drug-likeness (QED) is 0.433. The number of aldehydes is 1. The third-order valence-electron chi connectivity index (χ3n) is 3.33. The Bertz CT molecular complexity index is 530. The largest absolute Gasteiger partial charge is 0.464 e. The summed E-state index contributed by atoms with van der Waals surface area (Å²) in [7, 11) is 0. The van der Waals surface area contributed by atoms with Crippen molar-refractivity contribution in [3.63, 3.8) is 0 Å². The normalized spacial score (nSPS) is 22.6. The number of ether oxygens (including phenoxy) is 3. The van der Waals surface area contributed by atoms with Crippen molar-refractivity contribution < 1.29 is 33.4 Å². The van der Waals surface area contributed by atoms with Crippen molar-refractivity contribution in [1.82, 2.24) is 4.90 Å². The number of carbonyl (C=O) groups is 4. The van der Waals surface area contributed by atoms with E-state index in [2.05, 4.69) is 0 Å². The minimum Gasteiger partial charge on any atom is -0.464 e. The average molecular weight is 357 g/mol. The van der Waals surface area contributed by atoms with Gasteiger partial charge in [-0.15, -0.1) is 0 Å². The first-order valence-electron chi connectivity index (χ1n) is 8.17. The fourth-order valence-corrected chi connectivity index (χ4v) is 2.29.